The van der Waals surface area contributed by atoms with Crippen LogP contribution in [0.5, 0.6) is 0 Å². The number of nitrogens with one attached hydrogen (secondary N) is 2. The van der Waals surface area contributed by atoms with Crippen LogP contribution in [0.1, 0.15) is 18.5 Å². The maximum Gasteiger partial charge on any atom is 0.346 e. The number of fused-ring (bicyclic) bond motifs is 1. The Labute approximate surface area is 159 Å². The summed E-state index contributed by atoms with van der Waals surface area (Å²) in [5, 5.41) is 7.81. The lowest BCUT2D eigenvalue weighted by molar-refractivity contribution is 0.839. The average molecular weight is 372 g/mol. The molecular formula is C19H16N8O. The van der Waals surface area contributed by atoms with Gasteiger partial charge < -0.3 is 16.0 Å². The van der Waals surface area contributed by atoms with Crippen molar-refractivity contribution in [3.05, 3.63) is 76.3 Å². The molecule has 0 saturated carbocycles. The summed E-state index contributed by atoms with van der Waals surface area (Å²) in [6.45, 7) is 9.22. The lowest BCUT2D eigenvalue weighted by atomic mass is 10.0. The molecule has 3 heterocycles. The van der Waals surface area contributed by atoms with Gasteiger partial charge in [0.15, 0.2) is 5.65 Å². The highest BCUT2D eigenvalue weighted by Gasteiger charge is 2.19. The maximum atomic E-state index is 11.7. The molecule has 0 spiro atoms. The van der Waals surface area contributed by atoms with E-state index in [1.165, 1.54) is 0 Å². The number of hydrogen-bond acceptors (Lipinski definition) is 6. The van der Waals surface area contributed by atoms with Gasteiger partial charge in [-0.15, -0.1) is 0 Å². The van der Waals surface area contributed by atoms with E-state index in [-0.39, 0.29) is 23.4 Å². The first-order chi connectivity index (χ1) is 13.6. The van der Waals surface area contributed by atoms with Gasteiger partial charge in [0.25, 0.3) is 5.69 Å². The summed E-state index contributed by atoms with van der Waals surface area (Å²) in [6, 6.07) is 11.3. The third-order valence-electron chi connectivity index (χ3n) is 4.33. The van der Waals surface area contributed by atoms with Crippen molar-refractivity contribution in [1.29, 1.82) is 0 Å². The van der Waals surface area contributed by atoms with Gasteiger partial charge in [-0.05, 0) is 13.0 Å². The number of anilines is 2. The zero-order chi connectivity index (χ0) is 19.7. The van der Waals surface area contributed by atoms with Crippen molar-refractivity contribution in [1.82, 2.24) is 24.6 Å². The molecule has 0 aliphatic carbocycles. The monoisotopic (exact) mass is 372 g/mol. The molecule has 0 bridgehead atoms. The number of hydrogen-bond donors (Lipinski definition) is 3. The summed E-state index contributed by atoms with van der Waals surface area (Å²) in [6.07, 6.45) is 3.45. The van der Waals surface area contributed by atoms with Crippen molar-refractivity contribution in [3.63, 3.8) is 0 Å². The summed E-state index contributed by atoms with van der Waals surface area (Å²) in [5.41, 5.74) is 8.43. The highest BCUT2D eigenvalue weighted by atomic mass is 16.1. The van der Waals surface area contributed by atoms with Gasteiger partial charge in [-0.2, -0.15) is 10.1 Å². The molecule has 0 aliphatic rings. The molecule has 3 aromatic heterocycles. The van der Waals surface area contributed by atoms with Crippen molar-refractivity contribution in [2.24, 2.45) is 0 Å². The number of imidazole rings is 1. The van der Waals surface area contributed by atoms with Crippen LogP contribution >= 0.6 is 0 Å². The van der Waals surface area contributed by atoms with Gasteiger partial charge >= 0.3 is 5.69 Å². The molecule has 0 unspecified atom stereocenters. The van der Waals surface area contributed by atoms with Gasteiger partial charge in [-0.25, -0.2) is 19.1 Å². The fraction of sp³-hybridized carbons (Fsp3) is 0.105. The lowest BCUT2D eigenvalue weighted by Crippen LogP contribution is -2.18. The second kappa shape index (κ2) is 6.85. The summed E-state index contributed by atoms with van der Waals surface area (Å²) in [7, 11) is 0. The Morgan fingerprint density at radius 2 is 2.11 bits per heavy atom. The van der Waals surface area contributed by atoms with E-state index in [0.717, 1.165) is 16.8 Å². The van der Waals surface area contributed by atoms with Gasteiger partial charge in [0.05, 0.1) is 18.3 Å². The largest absolute Gasteiger partial charge is 0.394 e. The van der Waals surface area contributed by atoms with Gasteiger partial charge in [-0.1, -0.05) is 30.3 Å². The van der Waals surface area contributed by atoms with E-state index < -0.39 is 5.69 Å². The minimum Gasteiger partial charge on any atom is -0.394 e. The molecule has 0 aliphatic heterocycles. The molecule has 9 heteroatoms. The van der Waals surface area contributed by atoms with Crippen LogP contribution in [-0.2, 0) is 0 Å². The van der Waals surface area contributed by atoms with Crippen molar-refractivity contribution < 1.29 is 0 Å². The lowest BCUT2D eigenvalue weighted by Gasteiger charge is -2.19. The molecule has 138 valence electrons. The minimum atomic E-state index is -0.621. The summed E-state index contributed by atoms with van der Waals surface area (Å²) >= 11 is 0. The minimum absolute atomic E-state index is 0.0187. The molecule has 1 aromatic carbocycles. The molecule has 0 fully saturated rings. The molecule has 4 N–H and O–H groups in total. The molecule has 4 rings (SSSR count). The molecule has 0 radical (unpaired) electrons. The normalized spacial score (nSPS) is 11.9. The molecule has 1 atom stereocenters. The average Bonchev–Trinajstić information content (AvgIpc) is 3.15. The fourth-order valence-electron chi connectivity index (χ4n) is 3.00. The second-order valence-corrected chi connectivity index (χ2v) is 6.17. The van der Waals surface area contributed by atoms with Crippen molar-refractivity contribution in [3.8, 4) is 11.3 Å². The van der Waals surface area contributed by atoms with Crippen LogP contribution in [-0.4, -0.2) is 24.6 Å². The highest BCUT2D eigenvalue weighted by molar-refractivity contribution is 5.76. The Morgan fingerprint density at radius 1 is 1.32 bits per heavy atom. The van der Waals surface area contributed by atoms with E-state index >= 15 is 0 Å². The first kappa shape index (κ1) is 17.2. The first-order valence-corrected chi connectivity index (χ1v) is 8.50. The first-order valence-electron chi connectivity index (χ1n) is 8.50. The Morgan fingerprint density at radius 3 is 2.86 bits per heavy atom. The number of benzene rings is 1. The van der Waals surface area contributed by atoms with Crippen molar-refractivity contribution in [2.45, 2.75) is 13.0 Å². The van der Waals surface area contributed by atoms with Crippen LogP contribution in [0.3, 0.4) is 0 Å². The number of aromatic nitrogens is 5. The number of nitrogens with two attached hydrogens (primary N) is 1. The Balaban J connectivity index is 1.83. The van der Waals surface area contributed by atoms with Crippen LogP contribution in [0.15, 0.2) is 53.6 Å². The van der Waals surface area contributed by atoms with Crippen LogP contribution in [0.2, 0.25) is 0 Å². The van der Waals surface area contributed by atoms with Crippen LogP contribution < -0.4 is 16.7 Å². The second-order valence-electron chi connectivity index (χ2n) is 6.17. The maximum absolute atomic E-state index is 11.7. The Bertz CT molecular complexity index is 1250. The van der Waals surface area contributed by atoms with E-state index in [1.54, 1.807) is 16.9 Å². The number of rotatable bonds is 4. The van der Waals surface area contributed by atoms with Gasteiger partial charge in [0, 0.05) is 23.5 Å². The molecule has 28 heavy (non-hydrogen) atoms. The number of aromatic amines is 1. The predicted molar refractivity (Wildman–Crippen MR) is 106 cm³/mol. The van der Waals surface area contributed by atoms with E-state index in [1.807, 2.05) is 43.3 Å². The summed E-state index contributed by atoms with van der Waals surface area (Å²) in [4.78, 5) is 25.6. The summed E-state index contributed by atoms with van der Waals surface area (Å²) in [5.74, 6) is 0.112. The van der Waals surface area contributed by atoms with E-state index in [0.29, 0.717) is 5.65 Å². The van der Waals surface area contributed by atoms with E-state index in [4.69, 9.17) is 12.3 Å². The molecule has 0 saturated heterocycles. The zero-order valence-electron chi connectivity index (χ0n) is 14.9. The van der Waals surface area contributed by atoms with Crippen LogP contribution in [0.25, 0.3) is 21.7 Å². The summed E-state index contributed by atoms with van der Waals surface area (Å²) < 4.78 is 1.70. The number of nitrogen functional groups attached to an aromatic ring is 1. The highest BCUT2D eigenvalue weighted by Crippen LogP contribution is 2.32. The molecular weight excluding hydrogens is 356 g/mol. The van der Waals surface area contributed by atoms with Crippen LogP contribution in [0.4, 0.5) is 17.3 Å². The quantitative estimate of drug-likeness (QED) is 0.474. The Kier molecular flexibility index (Phi) is 4.21. The van der Waals surface area contributed by atoms with Gasteiger partial charge in [0.1, 0.15) is 11.6 Å². The zero-order valence-corrected chi connectivity index (χ0v) is 14.9. The Hall–Kier alpha value is -4.19. The number of H-pyrrole nitrogens is 1. The van der Waals surface area contributed by atoms with Crippen LogP contribution in [0, 0.1) is 6.57 Å². The van der Waals surface area contributed by atoms with E-state index in [9.17, 15) is 4.79 Å². The van der Waals surface area contributed by atoms with Crippen molar-refractivity contribution in [2.75, 3.05) is 11.1 Å². The van der Waals surface area contributed by atoms with E-state index in [2.05, 4.69) is 30.2 Å². The predicted octanol–water partition coefficient (Wildman–Crippen LogP) is 2.79. The third-order valence-corrected chi connectivity index (χ3v) is 4.33. The van der Waals surface area contributed by atoms with Gasteiger partial charge in [-0.3, -0.25) is 0 Å². The van der Waals surface area contributed by atoms with Gasteiger partial charge in [0.2, 0.25) is 0 Å². The SMILES string of the molecule is [C-]#[N+]c1c(N[C@@H](C)c2cc3nccn3nc2-c2ccccc2)nc(=O)[nH]c1N. The smallest absolute Gasteiger partial charge is 0.346 e. The standard InChI is InChI=1S/C19H16N8O/c1-11(23-18-16(21-2)17(20)24-19(28)25-18)13-10-14-22-8-9-27(14)26-15(13)12-6-4-3-5-7-12/h3-11H,1H3,(H4,20,23,24,25,28)/t11-/m0/s1. The molecule has 4 aromatic rings. The van der Waals surface area contributed by atoms with Crippen molar-refractivity contribution >= 4 is 23.0 Å². The number of nitrogens with zero attached hydrogens (tertiary/aromatic N) is 5. The fourth-order valence-corrected chi connectivity index (χ4v) is 3.00. The third kappa shape index (κ3) is 3.03. The topological polar surface area (TPSA) is 118 Å². The molecule has 0 amide bonds. The molecule has 9 nitrogen and oxygen atoms in total.